The van der Waals surface area contributed by atoms with E-state index in [4.69, 9.17) is 24.1 Å². The van der Waals surface area contributed by atoms with Crippen LogP contribution in [0.5, 0.6) is 23.0 Å². The number of Topliss-reactive ketones (excluding diaryl/α,β-unsaturated/α-hetero) is 1. The van der Waals surface area contributed by atoms with E-state index in [9.17, 15) is 19.2 Å². The molecule has 4 rings (SSSR count). The molecule has 0 bridgehead atoms. The molecule has 11 nitrogen and oxygen atoms in total. The second kappa shape index (κ2) is 9.30. The van der Waals surface area contributed by atoms with Crippen LogP contribution in [0.1, 0.15) is 15.9 Å². The first-order valence-electron chi connectivity index (χ1n) is 9.75. The summed E-state index contributed by atoms with van der Waals surface area (Å²) in [7, 11) is 0. The molecule has 2 amide bonds. The van der Waals surface area contributed by atoms with Crippen LogP contribution in [-0.4, -0.2) is 55.2 Å². The van der Waals surface area contributed by atoms with Crippen molar-refractivity contribution in [1.82, 2.24) is 10.6 Å². The van der Waals surface area contributed by atoms with E-state index in [1.807, 2.05) is 0 Å². The summed E-state index contributed by atoms with van der Waals surface area (Å²) < 4.78 is 21.7. The van der Waals surface area contributed by atoms with Crippen molar-refractivity contribution in [3.05, 3.63) is 53.3 Å². The van der Waals surface area contributed by atoms with Gasteiger partial charge in [0.2, 0.25) is 18.5 Å². The largest absolute Gasteiger partial charge is 0.484 e. The molecular formula is C22H18N2O9. The van der Waals surface area contributed by atoms with Crippen LogP contribution in [0, 0.1) is 0 Å². The number of aliphatic carboxylic acids is 1. The first kappa shape index (κ1) is 21.7. The summed E-state index contributed by atoms with van der Waals surface area (Å²) in [6, 6.07) is 9.80. The average molecular weight is 454 g/mol. The highest BCUT2D eigenvalue weighted by molar-refractivity contribution is 6.14. The molecule has 0 aromatic heterocycles. The van der Waals surface area contributed by atoms with Gasteiger partial charge < -0.3 is 34.7 Å². The fourth-order valence-electron chi connectivity index (χ4n) is 3.03. The maximum Gasteiger partial charge on any atom is 0.322 e. The Kier molecular flexibility index (Phi) is 6.11. The van der Waals surface area contributed by atoms with Crippen molar-refractivity contribution in [2.24, 2.45) is 0 Å². The molecule has 0 atom stereocenters. The van der Waals surface area contributed by atoms with E-state index < -0.39 is 30.9 Å². The molecule has 0 spiro atoms. The number of hydrogen-bond donors (Lipinski definition) is 3. The standard InChI is InChI=1S/C22H18N2O9/c25-19(24-9-21(27)28)8-23-20(26)10-30-13-2-3-14-16(7-13)33-18(22(14)29)6-12-1-4-15-17(5-12)32-11-31-15/h1-7H,8-11H2,(H,23,26)(H,24,25)(H,27,28). The quantitative estimate of drug-likeness (QED) is 0.491. The maximum atomic E-state index is 12.6. The topological polar surface area (TPSA) is 149 Å². The number of carbonyl (C=O) groups excluding carboxylic acids is 3. The summed E-state index contributed by atoms with van der Waals surface area (Å²) in [5.41, 5.74) is 1.06. The van der Waals surface area contributed by atoms with Gasteiger partial charge in [0.05, 0.1) is 12.1 Å². The van der Waals surface area contributed by atoms with Gasteiger partial charge in [-0.15, -0.1) is 0 Å². The van der Waals surface area contributed by atoms with Crippen molar-refractivity contribution in [3.63, 3.8) is 0 Å². The maximum absolute atomic E-state index is 12.6. The van der Waals surface area contributed by atoms with Crippen molar-refractivity contribution in [2.45, 2.75) is 0 Å². The number of allylic oxidation sites excluding steroid dienone is 1. The summed E-state index contributed by atoms with van der Waals surface area (Å²) in [5, 5.41) is 12.9. The molecule has 2 aliphatic heterocycles. The van der Waals surface area contributed by atoms with E-state index in [-0.39, 0.29) is 36.4 Å². The number of carboxylic acid groups (broad SMARTS) is 1. The van der Waals surface area contributed by atoms with Gasteiger partial charge in [-0.3, -0.25) is 19.2 Å². The predicted molar refractivity (Wildman–Crippen MR) is 111 cm³/mol. The number of carboxylic acids is 1. The summed E-state index contributed by atoms with van der Waals surface area (Å²) in [5.74, 6) is -0.784. The van der Waals surface area contributed by atoms with Crippen LogP contribution >= 0.6 is 0 Å². The highest BCUT2D eigenvalue weighted by Crippen LogP contribution is 2.37. The van der Waals surface area contributed by atoms with E-state index in [1.54, 1.807) is 24.3 Å². The minimum absolute atomic E-state index is 0.131. The number of ether oxygens (including phenoxy) is 4. The van der Waals surface area contributed by atoms with Crippen molar-refractivity contribution in [2.75, 3.05) is 26.5 Å². The van der Waals surface area contributed by atoms with Gasteiger partial charge in [-0.25, -0.2) is 0 Å². The Morgan fingerprint density at radius 2 is 1.76 bits per heavy atom. The lowest BCUT2D eigenvalue weighted by Gasteiger charge is -2.08. The second-order valence-electron chi connectivity index (χ2n) is 6.95. The molecule has 2 aromatic carbocycles. The third-order valence-corrected chi connectivity index (χ3v) is 4.59. The Balaban J connectivity index is 1.33. The van der Waals surface area contributed by atoms with E-state index >= 15 is 0 Å². The Morgan fingerprint density at radius 3 is 2.58 bits per heavy atom. The normalized spacial score (nSPS) is 14.4. The minimum Gasteiger partial charge on any atom is -0.484 e. The van der Waals surface area contributed by atoms with Crippen molar-refractivity contribution >= 4 is 29.6 Å². The van der Waals surface area contributed by atoms with Gasteiger partial charge in [0.25, 0.3) is 5.91 Å². The molecule has 170 valence electrons. The summed E-state index contributed by atoms with van der Waals surface area (Å²) >= 11 is 0. The molecule has 0 unspecified atom stereocenters. The predicted octanol–water partition coefficient (Wildman–Crippen LogP) is 0.727. The molecule has 0 saturated heterocycles. The Labute approximate surface area is 186 Å². The lowest BCUT2D eigenvalue weighted by atomic mass is 10.1. The first-order chi connectivity index (χ1) is 15.9. The lowest BCUT2D eigenvalue weighted by Crippen LogP contribution is -2.40. The average Bonchev–Trinajstić information content (AvgIpc) is 3.38. The second-order valence-corrected chi connectivity index (χ2v) is 6.95. The van der Waals surface area contributed by atoms with Gasteiger partial charge in [-0.2, -0.15) is 0 Å². The van der Waals surface area contributed by atoms with Gasteiger partial charge in [0.15, 0.2) is 23.9 Å². The number of amides is 2. The molecule has 2 aliphatic rings. The minimum atomic E-state index is -1.19. The van der Waals surface area contributed by atoms with Crippen LogP contribution in [0.25, 0.3) is 6.08 Å². The van der Waals surface area contributed by atoms with E-state index in [2.05, 4.69) is 10.6 Å². The van der Waals surface area contributed by atoms with Crippen molar-refractivity contribution < 1.29 is 43.2 Å². The molecule has 3 N–H and O–H groups in total. The monoisotopic (exact) mass is 454 g/mol. The highest BCUT2D eigenvalue weighted by Gasteiger charge is 2.28. The number of fused-ring (bicyclic) bond motifs is 2. The van der Waals surface area contributed by atoms with Gasteiger partial charge >= 0.3 is 5.97 Å². The smallest absolute Gasteiger partial charge is 0.322 e. The fourth-order valence-corrected chi connectivity index (χ4v) is 3.03. The third-order valence-electron chi connectivity index (χ3n) is 4.59. The molecule has 2 heterocycles. The van der Waals surface area contributed by atoms with Crippen LogP contribution in [-0.2, 0) is 14.4 Å². The molecule has 0 radical (unpaired) electrons. The van der Waals surface area contributed by atoms with E-state index in [0.717, 1.165) is 0 Å². The molecule has 0 aliphatic carbocycles. The van der Waals surface area contributed by atoms with Crippen LogP contribution in [0.2, 0.25) is 0 Å². The lowest BCUT2D eigenvalue weighted by molar-refractivity contribution is -0.137. The summed E-state index contributed by atoms with van der Waals surface area (Å²) in [6.07, 6.45) is 1.59. The zero-order valence-corrected chi connectivity index (χ0v) is 17.1. The Hall–Kier alpha value is -4.54. The molecule has 2 aromatic rings. The molecule has 0 saturated carbocycles. The summed E-state index contributed by atoms with van der Waals surface area (Å²) in [4.78, 5) is 46.3. The molecular weight excluding hydrogens is 436 g/mol. The van der Waals surface area contributed by atoms with Crippen molar-refractivity contribution in [3.8, 4) is 23.0 Å². The number of carbonyl (C=O) groups is 4. The number of hydrogen-bond acceptors (Lipinski definition) is 8. The zero-order valence-electron chi connectivity index (χ0n) is 17.1. The highest BCUT2D eigenvalue weighted by atomic mass is 16.7. The Bertz CT molecular complexity index is 1170. The number of rotatable bonds is 8. The van der Waals surface area contributed by atoms with Crippen molar-refractivity contribution in [1.29, 1.82) is 0 Å². The van der Waals surface area contributed by atoms with Gasteiger partial charge in [-0.1, -0.05) is 6.07 Å². The van der Waals surface area contributed by atoms with Gasteiger partial charge in [-0.05, 0) is 35.9 Å². The van der Waals surface area contributed by atoms with Crippen LogP contribution in [0.4, 0.5) is 0 Å². The van der Waals surface area contributed by atoms with Gasteiger partial charge in [0, 0.05) is 6.07 Å². The third kappa shape index (κ3) is 5.21. The Morgan fingerprint density at radius 1 is 0.970 bits per heavy atom. The van der Waals surface area contributed by atoms with E-state index in [0.29, 0.717) is 22.6 Å². The van der Waals surface area contributed by atoms with E-state index in [1.165, 1.54) is 18.2 Å². The number of benzene rings is 2. The number of nitrogens with one attached hydrogen (secondary N) is 2. The van der Waals surface area contributed by atoms with Crippen LogP contribution < -0.4 is 29.6 Å². The fraction of sp³-hybridized carbons (Fsp3) is 0.182. The molecule has 33 heavy (non-hydrogen) atoms. The van der Waals surface area contributed by atoms with Crippen LogP contribution in [0.15, 0.2) is 42.2 Å². The molecule has 0 fully saturated rings. The number of ketones is 1. The zero-order chi connectivity index (χ0) is 23.4. The SMILES string of the molecule is O=C(O)CNC(=O)CNC(=O)COc1ccc2c(c1)OC(=Cc1ccc3c(c1)OCO3)C2=O. The van der Waals surface area contributed by atoms with Gasteiger partial charge in [0.1, 0.15) is 18.0 Å². The first-order valence-corrected chi connectivity index (χ1v) is 9.75. The molecule has 11 heteroatoms. The van der Waals surface area contributed by atoms with Crippen LogP contribution in [0.3, 0.4) is 0 Å². The summed E-state index contributed by atoms with van der Waals surface area (Å²) in [6.45, 7) is -1.16.